The number of rotatable bonds is 5. The summed E-state index contributed by atoms with van der Waals surface area (Å²) in [6.45, 7) is 2.85. The van der Waals surface area contributed by atoms with E-state index in [9.17, 15) is 8.42 Å². The molecule has 0 saturated heterocycles. The van der Waals surface area contributed by atoms with Gasteiger partial charge in [0.1, 0.15) is 0 Å². The Kier molecular flexibility index (Phi) is 4.42. The molecule has 1 aromatic heterocycles. The SMILES string of the molecule is CCN(C1CCCC1)S(=O)(=O)c1csc(CN)c1. The maximum atomic E-state index is 12.6. The molecule has 0 atom stereocenters. The summed E-state index contributed by atoms with van der Waals surface area (Å²) in [7, 11) is -3.34. The second kappa shape index (κ2) is 5.69. The number of nitrogens with zero attached hydrogens (tertiary/aromatic N) is 1. The Morgan fingerprint density at radius 3 is 2.61 bits per heavy atom. The van der Waals surface area contributed by atoms with Gasteiger partial charge in [0.05, 0.1) is 4.90 Å². The minimum absolute atomic E-state index is 0.182. The van der Waals surface area contributed by atoms with Crippen LogP contribution in [-0.4, -0.2) is 25.3 Å². The van der Waals surface area contributed by atoms with Gasteiger partial charge < -0.3 is 5.73 Å². The molecule has 2 N–H and O–H groups in total. The lowest BCUT2D eigenvalue weighted by Crippen LogP contribution is -2.38. The largest absolute Gasteiger partial charge is 0.326 e. The highest BCUT2D eigenvalue weighted by molar-refractivity contribution is 7.89. The first-order valence-electron chi connectivity index (χ1n) is 6.39. The van der Waals surface area contributed by atoms with Crippen molar-refractivity contribution in [3.63, 3.8) is 0 Å². The molecule has 1 aromatic rings. The molecule has 1 saturated carbocycles. The topological polar surface area (TPSA) is 63.4 Å². The van der Waals surface area contributed by atoms with Crippen LogP contribution in [0.3, 0.4) is 0 Å². The van der Waals surface area contributed by atoms with Crippen molar-refractivity contribution >= 4 is 21.4 Å². The predicted molar refractivity (Wildman–Crippen MR) is 74.0 cm³/mol. The maximum Gasteiger partial charge on any atom is 0.244 e. The zero-order valence-electron chi connectivity index (χ0n) is 10.6. The van der Waals surface area contributed by atoms with Crippen molar-refractivity contribution in [3.05, 3.63) is 16.3 Å². The predicted octanol–water partition coefficient (Wildman–Crippen LogP) is 2.16. The van der Waals surface area contributed by atoms with Gasteiger partial charge in [-0.15, -0.1) is 11.3 Å². The average Bonchev–Trinajstić information content (AvgIpc) is 3.00. The molecule has 2 rings (SSSR count). The summed E-state index contributed by atoms with van der Waals surface area (Å²) in [4.78, 5) is 1.32. The van der Waals surface area contributed by atoms with Crippen LogP contribution in [0.1, 0.15) is 37.5 Å². The fourth-order valence-electron chi connectivity index (χ4n) is 2.55. The molecule has 6 heteroatoms. The second-order valence-corrected chi connectivity index (χ2v) is 7.49. The Bertz CT molecular complexity index is 490. The van der Waals surface area contributed by atoms with Gasteiger partial charge in [0.15, 0.2) is 0 Å². The normalized spacial score (nSPS) is 17.7. The van der Waals surface area contributed by atoms with Crippen molar-refractivity contribution in [1.82, 2.24) is 4.31 Å². The summed E-state index contributed by atoms with van der Waals surface area (Å²) in [5.74, 6) is 0. The van der Waals surface area contributed by atoms with Crippen molar-refractivity contribution in [1.29, 1.82) is 0 Å². The summed E-state index contributed by atoms with van der Waals surface area (Å²) < 4.78 is 26.8. The molecular formula is C12H20N2O2S2. The van der Waals surface area contributed by atoms with Crippen LogP contribution in [0.15, 0.2) is 16.3 Å². The van der Waals surface area contributed by atoms with Gasteiger partial charge in [0, 0.05) is 29.4 Å². The third-order valence-corrected chi connectivity index (χ3v) is 6.59. The molecule has 1 aliphatic carbocycles. The zero-order valence-corrected chi connectivity index (χ0v) is 12.3. The molecule has 0 unspecified atom stereocenters. The highest BCUT2D eigenvalue weighted by Gasteiger charge is 2.32. The van der Waals surface area contributed by atoms with E-state index in [0.29, 0.717) is 18.0 Å². The highest BCUT2D eigenvalue weighted by atomic mass is 32.2. The number of thiophene rings is 1. The molecule has 18 heavy (non-hydrogen) atoms. The van der Waals surface area contributed by atoms with Crippen LogP contribution in [0.4, 0.5) is 0 Å². The molecule has 1 aliphatic rings. The summed E-state index contributed by atoms with van der Waals surface area (Å²) in [5, 5.41) is 1.70. The summed E-state index contributed by atoms with van der Waals surface area (Å²) in [6.07, 6.45) is 4.24. The van der Waals surface area contributed by atoms with Crippen LogP contribution in [0.2, 0.25) is 0 Å². The molecule has 102 valence electrons. The van der Waals surface area contributed by atoms with Crippen LogP contribution < -0.4 is 5.73 Å². The van der Waals surface area contributed by atoms with Crippen molar-refractivity contribution < 1.29 is 8.42 Å². The van der Waals surface area contributed by atoms with E-state index in [1.165, 1.54) is 11.3 Å². The minimum atomic E-state index is -3.34. The molecular weight excluding hydrogens is 268 g/mol. The van der Waals surface area contributed by atoms with Crippen LogP contribution >= 0.6 is 11.3 Å². The van der Waals surface area contributed by atoms with E-state index in [1.54, 1.807) is 15.8 Å². The Balaban J connectivity index is 2.27. The van der Waals surface area contributed by atoms with Gasteiger partial charge in [-0.3, -0.25) is 0 Å². The highest BCUT2D eigenvalue weighted by Crippen LogP contribution is 2.30. The molecule has 0 bridgehead atoms. The third-order valence-electron chi connectivity index (χ3n) is 3.48. The van der Waals surface area contributed by atoms with Gasteiger partial charge in [-0.25, -0.2) is 8.42 Å². The first-order chi connectivity index (χ1) is 8.59. The first-order valence-corrected chi connectivity index (χ1v) is 8.71. The number of hydrogen-bond donors (Lipinski definition) is 1. The monoisotopic (exact) mass is 288 g/mol. The Morgan fingerprint density at radius 2 is 2.11 bits per heavy atom. The molecule has 0 radical (unpaired) electrons. The van der Waals surface area contributed by atoms with Crippen LogP contribution in [-0.2, 0) is 16.6 Å². The molecule has 0 amide bonds. The van der Waals surface area contributed by atoms with Crippen molar-refractivity contribution in [2.75, 3.05) is 6.54 Å². The smallest absolute Gasteiger partial charge is 0.244 e. The molecule has 1 fully saturated rings. The van der Waals surface area contributed by atoms with E-state index >= 15 is 0 Å². The number of nitrogens with two attached hydrogens (primary N) is 1. The average molecular weight is 288 g/mol. The van der Waals surface area contributed by atoms with Gasteiger partial charge in [-0.1, -0.05) is 19.8 Å². The van der Waals surface area contributed by atoms with Gasteiger partial charge in [0.2, 0.25) is 10.0 Å². The van der Waals surface area contributed by atoms with Crippen LogP contribution in [0.5, 0.6) is 0 Å². The van der Waals surface area contributed by atoms with Gasteiger partial charge >= 0.3 is 0 Å². The quantitative estimate of drug-likeness (QED) is 0.903. The van der Waals surface area contributed by atoms with E-state index in [2.05, 4.69) is 0 Å². The zero-order chi connectivity index (χ0) is 13.2. The number of hydrogen-bond acceptors (Lipinski definition) is 4. The van der Waals surface area contributed by atoms with Crippen LogP contribution in [0.25, 0.3) is 0 Å². The van der Waals surface area contributed by atoms with E-state index in [0.717, 1.165) is 30.6 Å². The lowest BCUT2D eigenvalue weighted by molar-refractivity contribution is 0.335. The van der Waals surface area contributed by atoms with Crippen molar-refractivity contribution in [2.24, 2.45) is 5.73 Å². The summed E-state index contributed by atoms with van der Waals surface area (Å²) >= 11 is 1.42. The Labute approximate surface area is 113 Å². The molecule has 4 nitrogen and oxygen atoms in total. The van der Waals surface area contributed by atoms with Crippen molar-refractivity contribution in [2.45, 2.75) is 50.1 Å². The summed E-state index contributed by atoms with van der Waals surface area (Å²) in [5.41, 5.74) is 5.54. The molecule has 0 spiro atoms. The molecule has 0 aliphatic heterocycles. The van der Waals surface area contributed by atoms with Gasteiger partial charge in [-0.05, 0) is 18.9 Å². The maximum absolute atomic E-state index is 12.6. The molecule has 1 heterocycles. The first kappa shape index (κ1) is 14.0. The minimum Gasteiger partial charge on any atom is -0.326 e. The van der Waals surface area contributed by atoms with E-state index in [4.69, 9.17) is 5.73 Å². The number of sulfonamides is 1. The fraction of sp³-hybridized carbons (Fsp3) is 0.667. The van der Waals surface area contributed by atoms with Gasteiger partial charge in [0.25, 0.3) is 0 Å². The van der Waals surface area contributed by atoms with E-state index in [-0.39, 0.29) is 6.04 Å². The lowest BCUT2D eigenvalue weighted by Gasteiger charge is -2.26. The van der Waals surface area contributed by atoms with Gasteiger partial charge in [-0.2, -0.15) is 4.31 Å². The van der Waals surface area contributed by atoms with E-state index in [1.807, 2.05) is 6.92 Å². The Hall–Kier alpha value is -0.430. The van der Waals surface area contributed by atoms with Crippen molar-refractivity contribution in [3.8, 4) is 0 Å². The Morgan fingerprint density at radius 1 is 1.44 bits per heavy atom. The van der Waals surface area contributed by atoms with E-state index < -0.39 is 10.0 Å². The standard InChI is InChI=1S/C12H20N2O2S2/c1-2-14(10-5-3-4-6-10)18(15,16)12-7-11(8-13)17-9-12/h7,9-10H,2-6,8,13H2,1H3. The summed E-state index contributed by atoms with van der Waals surface area (Å²) in [6, 6.07) is 1.89. The lowest BCUT2D eigenvalue weighted by atomic mass is 10.2. The molecule has 0 aromatic carbocycles. The van der Waals surface area contributed by atoms with Crippen LogP contribution in [0, 0.1) is 0 Å². The second-order valence-electron chi connectivity index (χ2n) is 4.60. The third kappa shape index (κ3) is 2.61. The fourth-order valence-corrected chi connectivity index (χ4v) is 5.39.